The summed E-state index contributed by atoms with van der Waals surface area (Å²) in [5, 5.41) is 18.6. The molecule has 0 unspecified atom stereocenters. The number of rotatable bonds is 4. The molecule has 1 heterocycles. The maximum absolute atomic E-state index is 10.2. The number of anilines is 1. The summed E-state index contributed by atoms with van der Waals surface area (Å²) in [4.78, 5) is 4.63. The lowest BCUT2D eigenvalue weighted by Gasteiger charge is -2.09. The highest BCUT2D eigenvalue weighted by atomic mass is 32.1. The highest BCUT2D eigenvalue weighted by molar-refractivity contribution is 7.14. The van der Waals surface area contributed by atoms with Crippen LogP contribution in [0.3, 0.4) is 0 Å². The van der Waals surface area contributed by atoms with Crippen molar-refractivity contribution in [1.29, 1.82) is 0 Å². The number of phenolic OH excluding ortho intramolecular Hbond substituents is 1. The van der Waals surface area contributed by atoms with E-state index in [0.717, 1.165) is 32.7 Å². The second-order valence-electron chi connectivity index (χ2n) is 5.54. The fourth-order valence-corrected chi connectivity index (χ4v) is 3.49. The van der Waals surface area contributed by atoms with Gasteiger partial charge in [-0.3, -0.25) is 0 Å². The molecule has 118 valence electrons. The van der Waals surface area contributed by atoms with Gasteiger partial charge in [0.2, 0.25) is 0 Å². The van der Waals surface area contributed by atoms with E-state index in [1.165, 1.54) is 0 Å². The summed E-state index contributed by atoms with van der Waals surface area (Å²) in [5.41, 5.74) is 2.96. The van der Waals surface area contributed by atoms with Crippen molar-refractivity contribution < 1.29 is 5.11 Å². The van der Waals surface area contributed by atoms with Crippen LogP contribution in [0.15, 0.2) is 72.1 Å². The van der Waals surface area contributed by atoms with Crippen LogP contribution in [0.2, 0.25) is 0 Å². The molecule has 0 saturated carbocycles. The first-order valence-corrected chi connectivity index (χ1v) is 8.63. The Bertz CT molecular complexity index is 979. The van der Waals surface area contributed by atoms with Crippen LogP contribution in [0.5, 0.6) is 5.75 Å². The minimum absolute atomic E-state index is 0.307. The number of hydrogen-bond acceptors (Lipinski definition) is 4. The first-order valence-electron chi connectivity index (χ1n) is 7.76. The molecule has 4 heteroatoms. The van der Waals surface area contributed by atoms with Gasteiger partial charge in [0.15, 0.2) is 5.13 Å². The van der Waals surface area contributed by atoms with E-state index in [9.17, 15) is 5.11 Å². The van der Waals surface area contributed by atoms with Crippen molar-refractivity contribution in [2.24, 2.45) is 0 Å². The van der Waals surface area contributed by atoms with Gasteiger partial charge in [-0.05, 0) is 16.8 Å². The standard InChI is InChI=1S/C20H16N2OS/c23-19-11-10-14-6-4-5-9-16(14)17(19)12-21-20-22-18(13-24-20)15-7-2-1-3-8-15/h1-11,13,23H,12H2,(H,21,22). The summed E-state index contributed by atoms with van der Waals surface area (Å²) in [5.74, 6) is 0.307. The Hall–Kier alpha value is -2.85. The molecule has 0 spiro atoms. The van der Waals surface area contributed by atoms with Gasteiger partial charge in [-0.1, -0.05) is 60.7 Å². The van der Waals surface area contributed by atoms with E-state index in [2.05, 4.69) is 28.5 Å². The number of aromatic hydroxyl groups is 1. The molecule has 0 saturated heterocycles. The zero-order chi connectivity index (χ0) is 16.4. The molecule has 3 nitrogen and oxygen atoms in total. The maximum atomic E-state index is 10.2. The molecule has 24 heavy (non-hydrogen) atoms. The van der Waals surface area contributed by atoms with Crippen LogP contribution >= 0.6 is 11.3 Å². The van der Waals surface area contributed by atoms with Gasteiger partial charge in [0.05, 0.1) is 5.69 Å². The molecule has 0 amide bonds. The van der Waals surface area contributed by atoms with Crippen molar-refractivity contribution in [3.63, 3.8) is 0 Å². The minimum Gasteiger partial charge on any atom is -0.508 e. The van der Waals surface area contributed by atoms with Crippen LogP contribution in [0.25, 0.3) is 22.0 Å². The number of aromatic nitrogens is 1. The van der Waals surface area contributed by atoms with E-state index >= 15 is 0 Å². The Morgan fingerprint density at radius 2 is 1.71 bits per heavy atom. The van der Waals surface area contributed by atoms with E-state index in [4.69, 9.17) is 0 Å². The van der Waals surface area contributed by atoms with Crippen molar-refractivity contribution in [2.45, 2.75) is 6.54 Å². The van der Waals surface area contributed by atoms with Crippen molar-refractivity contribution in [3.05, 3.63) is 77.7 Å². The quantitative estimate of drug-likeness (QED) is 0.534. The van der Waals surface area contributed by atoms with Gasteiger partial charge in [0.1, 0.15) is 5.75 Å². The number of fused-ring (bicyclic) bond motifs is 1. The highest BCUT2D eigenvalue weighted by Gasteiger charge is 2.08. The van der Waals surface area contributed by atoms with E-state index < -0.39 is 0 Å². The summed E-state index contributed by atoms with van der Waals surface area (Å²) in [6.07, 6.45) is 0. The molecule has 4 aromatic rings. The van der Waals surface area contributed by atoms with Crippen LogP contribution in [0, 0.1) is 0 Å². The van der Waals surface area contributed by atoms with Crippen LogP contribution in [-0.4, -0.2) is 10.1 Å². The molecule has 1 aromatic heterocycles. The van der Waals surface area contributed by atoms with Gasteiger partial charge >= 0.3 is 0 Å². The van der Waals surface area contributed by atoms with Crippen LogP contribution in [0.4, 0.5) is 5.13 Å². The topological polar surface area (TPSA) is 45.1 Å². The molecule has 2 N–H and O–H groups in total. The van der Waals surface area contributed by atoms with Gasteiger partial charge in [0, 0.05) is 23.1 Å². The first kappa shape index (κ1) is 14.7. The first-order chi connectivity index (χ1) is 11.8. The molecule has 4 rings (SSSR count). The summed E-state index contributed by atoms with van der Waals surface area (Å²) in [6.45, 7) is 0.537. The van der Waals surface area contributed by atoms with Gasteiger partial charge < -0.3 is 10.4 Å². The maximum Gasteiger partial charge on any atom is 0.183 e. The van der Waals surface area contributed by atoms with E-state index in [1.807, 2.05) is 47.8 Å². The van der Waals surface area contributed by atoms with E-state index in [0.29, 0.717) is 12.3 Å². The highest BCUT2D eigenvalue weighted by Crippen LogP contribution is 2.29. The average Bonchev–Trinajstić information content (AvgIpc) is 3.11. The zero-order valence-electron chi connectivity index (χ0n) is 12.9. The number of thiazole rings is 1. The zero-order valence-corrected chi connectivity index (χ0v) is 13.8. The summed E-state index contributed by atoms with van der Waals surface area (Å²) < 4.78 is 0. The third-order valence-corrected chi connectivity index (χ3v) is 4.81. The third-order valence-electron chi connectivity index (χ3n) is 4.01. The summed E-state index contributed by atoms with van der Waals surface area (Å²) >= 11 is 1.57. The van der Waals surface area contributed by atoms with E-state index in [1.54, 1.807) is 17.4 Å². The van der Waals surface area contributed by atoms with E-state index in [-0.39, 0.29) is 0 Å². The number of benzene rings is 3. The fourth-order valence-electron chi connectivity index (χ4n) is 2.77. The number of hydrogen-bond donors (Lipinski definition) is 2. The van der Waals surface area contributed by atoms with Crippen LogP contribution in [0.1, 0.15) is 5.56 Å². The third kappa shape index (κ3) is 2.84. The lowest BCUT2D eigenvalue weighted by Crippen LogP contribution is -2.00. The second kappa shape index (κ2) is 6.34. The Morgan fingerprint density at radius 1 is 0.917 bits per heavy atom. The van der Waals surface area contributed by atoms with Crippen molar-refractivity contribution >= 4 is 27.2 Å². The Kier molecular flexibility index (Phi) is 3.89. The monoisotopic (exact) mass is 332 g/mol. The molecular formula is C20H16N2OS. The fraction of sp³-hybridized carbons (Fsp3) is 0.0500. The molecule has 0 fully saturated rings. The van der Waals surface area contributed by atoms with Gasteiger partial charge in [-0.2, -0.15) is 0 Å². The van der Waals surface area contributed by atoms with Crippen molar-refractivity contribution in [1.82, 2.24) is 4.98 Å². The smallest absolute Gasteiger partial charge is 0.183 e. The largest absolute Gasteiger partial charge is 0.508 e. The molecule has 0 aliphatic rings. The second-order valence-corrected chi connectivity index (χ2v) is 6.40. The number of phenols is 1. The number of nitrogens with zero attached hydrogens (tertiary/aromatic N) is 1. The SMILES string of the molecule is Oc1ccc2ccccc2c1CNc1nc(-c2ccccc2)cs1. The van der Waals surface area contributed by atoms with Gasteiger partial charge in [0.25, 0.3) is 0 Å². The summed E-state index contributed by atoms with van der Waals surface area (Å²) in [6, 6.07) is 21.9. The van der Waals surface area contributed by atoms with Gasteiger partial charge in [-0.15, -0.1) is 11.3 Å². The average molecular weight is 332 g/mol. The Morgan fingerprint density at radius 3 is 2.58 bits per heavy atom. The minimum atomic E-state index is 0.307. The lowest BCUT2D eigenvalue weighted by atomic mass is 10.0. The van der Waals surface area contributed by atoms with Gasteiger partial charge in [-0.25, -0.2) is 4.98 Å². The molecule has 0 bridgehead atoms. The van der Waals surface area contributed by atoms with Crippen LogP contribution in [-0.2, 0) is 6.54 Å². The summed E-state index contributed by atoms with van der Waals surface area (Å²) in [7, 11) is 0. The molecule has 3 aromatic carbocycles. The normalized spacial score (nSPS) is 10.8. The number of nitrogens with one attached hydrogen (secondary N) is 1. The Balaban J connectivity index is 1.58. The molecular weight excluding hydrogens is 316 g/mol. The van der Waals surface area contributed by atoms with Crippen molar-refractivity contribution in [3.8, 4) is 17.0 Å². The molecule has 0 atom stereocenters. The molecule has 0 aliphatic carbocycles. The van der Waals surface area contributed by atoms with Crippen molar-refractivity contribution in [2.75, 3.05) is 5.32 Å². The Labute approximate surface area is 144 Å². The van der Waals surface area contributed by atoms with Crippen LogP contribution < -0.4 is 5.32 Å². The molecule has 0 radical (unpaired) electrons. The predicted molar refractivity (Wildman–Crippen MR) is 100 cm³/mol. The lowest BCUT2D eigenvalue weighted by molar-refractivity contribution is 0.470. The molecule has 0 aliphatic heterocycles. The predicted octanol–water partition coefficient (Wildman–Crippen LogP) is 5.28.